The molecule has 0 bridgehead atoms. The number of anilines is 2. The fraction of sp³-hybridized carbons (Fsp3) is 0.500. The number of benzene rings is 1. The molecule has 1 aromatic heterocycles. The molecule has 0 radical (unpaired) electrons. The fourth-order valence-electron chi connectivity index (χ4n) is 2.78. The molecule has 0 amide bonds. The number of aromatic nitrogens is 2. The Bertz CT molecular complexity index is 668. The van der Waals surface area contributed by atoms with Crippen molar-refractivity contribution in [3.63, 3.8) is 0 Å². The summed E-state index contributed by atoms with van der Waals surface area (Å²) >= 11 is 5.66. The molecule has 2 aromatic rings. The Hall–Kier alpha value is -2.01. The Labute approximate surface area is 161 Å². The Balaban J connectivity index is 2.04. The van der Waals surface area contributed by atoms with Gasteiger partial charge in [0, 0.05) is 29.6 Å². The first-order valence-electron chi connectivity index (χ1n) is 9.20. The molecule has 2 rings (SSSR count). The number of hydrogen-bond acceptors (Lipinski definition) is 5. The lowest BCUT2D eigenvalue weighted by Gasteiger charge is -2.15. The SMILES string of the molecule is CCCC(C)Nc1nc(C)c(Cc2ccc(OCCCCl)cc2)c(N)n1. The largest absolute Gasteiger partial charge is 0.494 e. The molecule has 6 heteroatoms. The smallest absolute Gasteiger partial charge is 0.225 e. The van der Waals surface area contributed by atoms with Crippen LogP contribution in [0.2, 0.25) is 0 Å². The second kappa shape index (κ2) is 10.2. The van der Waals surface area contributed by atoms with E-state index >= 15 is 0 Å². The molecular formula is C20H29ClN4O. The molecule has 1 heterocycles. The second-order valence-corrected chi connectivity index (χ2v) is 6.92. The van der Waals surface area contributed by atoms with Crippen molar-refractivity contribution in [1.29, 1.82) is 0 Å². The summed E-state index contributed by atoms with van der Waals surface area (Å²) in [6.45, 7) is 6.90. The van der Waals surface area contributed by atoms with Crippen molar-refractivity contribution in [3.8, 4) is 5.75 Å². The Kier molecular flexibility index (Phi) is 7.98. The van der Waals surface area contributed by atoms with Gasteiger partial charge in [-0.2, -0.15) is 4.98 Å². The number of alkyl halides is 1. The third kappa shape index (κ3) is 6.06. The molecule has 0 saturated heterocycles. The minimum Gasteiger partial charge on any atom is -0.494 e. The van der Waals surface area contributed by atoms with Crippen LogP contribution in [0.15, 0.2) is 24.3 Å². The van der Waals surface area contributed by atoms with Gasteiger partial charge in [0.1, 0.15) is 11.6 Å². The quantitative estimate of drug-likeness (QED) is 0.469. The van der Waals surface area contributed by atoms with Crippen LogP contribution in [0.3, 0.4) is 0 Å². The van der Waals surface area contributed by atoms with Crippen LogP contribution in [0.5, 0.6) is 5.75 Å². The van der Waals surface area contributed by atoms with Gasteiger partial charge in [-0.15, -0.1) is 11.6 Å². The number of aryl methyl sites for hydroxylation is 1. The van der Waals surface area contributed by atoms with Gasteiger partial charge in [0.05, 0.1) is 6.61 Å². The maximum atomic E-state index is 6.20. The van der Waals surface area contributed by atoms with Crippen LogP contribution in [-0.4, -0.2) is 28.5 Å². The van der Waals surface area contributed by atoms with E-state index in [-0.39, 0.29) is 0 Å². The highest BCUT2D eigenvalue weighted by Crippen LogP contribution is 2.22. The number of ether oxygens (including phenoxy) is 1. The summed E-state index contributed by atoms with van der Waals surface area (Å²) in [5.74, 6) is 2.60. The monoisotopic (exact) mass is 376 g/mol. The summed E-state index contributed by atoms with van der Waals surface area (Å²) in [5.41, 5.74) is 9.22. The average Bonchev–Trinajstić information content (AvgIpc) is 2.60. The van der Waals surface area contributed by atoms with E-state index in [1.807, 2.05) is 31.2 Å². The molecule has 142 valence electrons. The summed E-state index contributed by atoms with van der Waals surface area (Å²) in [5, 5.41) is 3.32. The van der Waals surface area contributed by atoms with Gasteiger partial charge in [-0.25, -0.2) is 4.98 Å². The molecule has 0 aliphatic carbocycles. The molecule has 0 fully saturated rings. The standard InChI is InChI=1S/C20H29ClN4O/c1-4-6-14(2)23-20-24-15(3)18(19(22)25-20)13-16-7-9-17(10-8-16)26-12-5-11-21/h7-10,14H,4-6,11-13H2,1-3H3,(H3,22,23,24,25). The van der Waals surface area contributed by atoms with Crippen LogP contribution in [-0.2, 0) is 6.42 Å². The number of nitrogens with zero attached hydrogens (tertiary/aromatic N) is 2. The van der Waals surface area contributed by atoms with Gasteiger partial charge in [0.15, 0.2) is 0 Å². The molecule has 1 unspecified atom stereocenters. The number of hydrogen-bond donors (Lipinski definition) is 2. The fourth-order valence-corrected chi connectivity index (χ4v) is 2.89. The summed E-state index contributed by atoms with van der Waals surface area (Å²) in [6.07, 6.45) is 3.73. The third-order valence-electron chi connectivity index (χ3n) is 4.19. The van der Waals surface area contributed by atoms with Crippen molar-refractivity contribution in [2.24, 2.45) is 0 Å². The van der Waals surface area contributed by atoms with Crippen LogP contribution in [0, 0.1) is 6.92 Å². The van der Waals surface area contributed by atoms with Gasteiger partial charge in [0.25, 0.3) is 0 Å². The zero-order chi connectivity index (χ0) is 18.9. The van der Waals surface area contributed by atoms with E-state index in [1.165, 1.54) is 0 Å². The van der Waals surface area contributed by atoms with Crippen molar-refractivity contribution >= 4 is 23.4 Å². The molecule has 0 spiro atoms. The molecule has 5 nitrogen and oxygen atoms in total. The highest BCUT2D eigenvalue weighted by atomic mass is 35.5. The van der Waals surface area contributed by atoms with Gasteiger partial charge >= 0.3 is 0 Å². The van der Waals surface area contributed by atoms with E-state index in [0.717, 1.165) is 41.8 Å². The Morgan fingerprint density at radius 2 is 1.96 bits per heavy atom. The van der Waals surface area contributed by atoms with E-state index < -0.39 is 0 Å². The maximum Gasteiger partial charge on any atom is 0.225 e. The highest BCUT2D eigenvalue weighted by molar-refractivity contribution is 6.17. The Morgan fingerprint density at radius 3 is 2.58 bits per heavy atom. The van der Waals surface area contributed by atoms with Gasteiger partial charge in [-0.3, -0.25) is 0 Å². The normalized spacial score (nSPS) is 12.0. The van der Waals surface area contributed by atoms with Crippen LogP contribution in [0.25, 0.3) is 0 Å². The van der Waals surface area contributed by atoms with Crippen LogP contribution in [0.4, 0.5) is 11.8 Å². The number of nitrogen functional groups attached to an aromatic ring is 1. The summed E-state index contributed by atoms with van der Waals surface area (Å²) < 4.78 is 5.63. The molecule has 0 saturated carbocycles. The minimum absolute atomic E-state index is 0.330. The number of nitrogens with one attached hydrogen (secondary N) is 1. The summed E-state index contributed by atoms with van der Waals surface area (Å²) in [7, 11) is 0. The molecule has 1 aromatic carbocycles. The van der Waals surface area contributed by atoms with E-state index in [1.54, 1.807) is 0 Å². The lowest BCUT2D eigenvalue weighted by atomic mass is 10.0. The number of halogens is 1. The van der Waals surface area contributed by atoms with Gasteiger partial charge in [0.2, 0.25) is 5.95 Å². The molecule has 26 heavy (non-hydrogen) atoms. The van der Waals surface area contributed by atoms with Crippen LogP contribution >= 0.6 is 11.6 Å². The predicted octanol–water partition coefficient (Wildman–Crippen LogP) is 4.57. The van der Waals surface area contributed by atoms with E-state index in [2.05, 4.69) is 29.1 Å². The van der Waals surface area contributed by atoms with Crippen molar-refractivity contribution in [2.45, 2.75) is 52.5 Å². The first-order valence-corrected chi connectivity index (χ1v) is 9.74. The van der Waals surface area contributed by atoms with E-state index in [4.69, 9.17) is 22.1 Å². The van der Waals surface area contributed by atoms with Crippen LogP contribution in [0.1, 0.15) is 49.9 Å². The molecule has 3 N–H and O–H groups in total. The lowest BCUT2D eigenvalue weighted by Crippen LogP contribution is -2.18. The number of nitrogens with two attached hydrogens (primary N) is 1. The lowest BCUT2D eigenvalue weighted by molar-refractivity contribution is 0.318. The Morgan fingerprint density at radius 1 is 1.23 bits per heavy atom. The maximum absolute atomic E-state index is 6.20. The molecule has 0 aliphatic rings. The second-order valence-electron chi connectivity index (χ2n) is 6.54. The van der Waals surface area contributed by atoms with Crippen molar-refractivity contribution < 1.29 is 4.74 Å². The topological polar surface area (TPSA) is 73.1 Å². The average molecular weight is 377 g/mol. The van der Waals surface area contributed by atoms with Crippen molar-refractivity contribution in [1.82, 2.24) is 9.97 Å². The van der Waals surface area contributed by atoms with Crippen molar-refractivity contribution in [3.05, 3.63) is 41.1 Å². The van der Waals surface area contributed by atoms with E-state index in [0.29, 0.717) is 36.7 Å². The van der Waals surface area contributed by atoms with Gasteiger partial charge in [-0.1, -0.05) is 25.5 Å². The summed E-state index contributed by atoms with van der Waals surface area (Å²) in [4.78, 5) is 9.02. The summed E-state index contributed by atoms with van der Waals surface area (Å²) in [6, 6.07) is 8.36. The van der Waals surface area contributed by atoms with Gasteiger partial charge < -0.3 is 15.8 Å². The molecule has 1 atom stereocenters. The van der Waals surface area contributed by atoms with Gasteiger partial charge in [-0.05, 0) is 44.4 Å². The molecule has 0 aliphatic heterocycles. The predicted molar refractivity (Wildman–Crippen MR) is 109 cm³/mol. The minimum atomic E-state index is 0.330. The number of rotatable bonds is 10. The first kappa shape index (κ1) is 20.3. The zero-order valence-electron chi connectivity index (χ0n) is 15.9. The third-order valence-corrected chi connectivity index (χ3v) is 4.46. The zero-order valence-corrected chi connectivity index (χ0v) is 16.6. The van der Waals surface area contributed by atoms with E-state index in [9.17, 15) is 0 Å². The van der Waals surface area contributed by atoms with Crippen molar-refractivity contribution in [2.75, 3.05) is 23.5 Å². The first-order chi connectivity index (χ1) is 12.5. The van der Waals surface area contributed by atoms with Crippen LogP contribution < -0.4 is 15.8 Å². The molecular weight excluding hydrogens is 348 g/mol. The highest BCUT2D eigenvalue weighted by Gasteiger charge is 2.12.